The van der Waals surface area contributed by atoms with E-state index in [0.29, 0.717) is 5.13 Å². The lowest BCUT2D eigenvalue weighted by Crippen LogP contribution is -2.29. The average molecular weight is 318 g/mol. The number of nitrogens with one attached hydrogen (secondary N) is 2. The summed E-state index contributed by atoms with van der Waals surface area (Å²) in [4.78, 5) is 23.5. The van der Waals surface area contributed by atoms with Gasteiger partial charge in [-0.15, -0.1) is 10.2 Å². The molecule has 0 aliphatic heterocycles. The minimum absolute atomic E-state index is 0.143. The van der Waals surface area contributed by atoms with Crippen LogP contribution in [0.4, 0.5) is 5.13 Å². The number of hydrogen-bond donors (Lipinski definition) is 2. The fraction of sp³-hybridized carbons (Fsp3) is 0.333. The first-order chi connectivity index (χ1) is 10.6. The van der Waals surface area contributed by atoms with E-state index in [4.69, 9.17) is 0 Å². The maximum Gasteiger partial charge on any atom is 0.228 e. The van der Waals surface area contributed by atoms with Gasteiger partial charge in [0.1, 0.15) is 5.01 Å². The Bertz CT molecular complexity index is 642. The summed E-state index contributed by atoms with van der Waals surface area (Å²) >= 11 is 1.36. The summed E-state index contributed by atoms with van der Waals surface area (Å²) in [5.41, 5.74) is 0.888. The van der Waals surface area contributed by atoms with Crippen molar-refractivity contribution in [3.63, 3.8) is 0 Å². The topological polar surface area (TPSA) is 84.0 Å². The molecule has 1 aromatic heterocycles. The maximum absolute atomic E-state index is 12.2. The molecule has 7 heteroatoms. The third-order valence-corrected chi connectivity index (χ3v) is 3.97. The normalized spacial score (nSPS) is 11.7. The molecule has 1 heterocycles. The van der Waals surface area contributed by atoms with Crippen molar-refractivity contribution < 1.29 is 9.59 Å². The molecule has 1 atom stereocenters. The van der Waals surface area contributed by atoms with Crippen LogP contribution < -0.4 is 10.6 Å². The highest BCUT2D eigenvalue weighted by Crippen LogP contribution is 2.19. The predicted octanol–water partition coefficient (Wildman–Crippen LogP) is 2.31. The van der Waals surface area contributed by atoms with Gasteiger partial charge < -0.3 is 10.6 Å². The predicted molar refractivity (Wildman–Crippen MR) is 85.5 cm³/mol. The van der Waals surface area contributed by atoms with Crippen molar-refractivity contribution in [1.29, 1.82) is 0 Å². The Morgan fingerprint density at radius 1 is 1.23 bits per heavy atom. The Morgan fingerprint density at radius 2 is 1.95 bits per heavy atom. The molecule has 2 aromatic rings. The van der Waals surface area contributed by atoms with Crippen LogP contribution in [-0.2, 0) is 16.0 Å². The molecule has 1 aromatic carbocycles. The van der Waals surface area contributed by atoms with Crippen molar-refractivity contribution in [2.45, 2.75) is 32.7 Å². The van der Waals surface area contributed by atoms with Gasteiger partial charge in [-0.05, 0) is 12.0 Å². The third-order valence-electron chi connectivity index (χ3n) is 2.98. The van der Waals surface area contributed by atoms with Gasteiger partial charge in [-0.2, -0.15) is 0 Å². The number of nitrogens with zero attached hydrogens (tertiary/aromatic N) is 2. The smallest absolute Gasteiger partial charge is 0.228 e. The Labute approximate surface area is 133 Å². The van der Waals surface area contributed by atoms with E-state index in [1.54, 1.807) is 0 Å². The molecular weight excluding hydrogens is 300 g/mol. The lowest BCUT2D eigenvalue weighted by Gasteiger charge is -2.17. The molecule has 0 bridgehead atoms. The first-order valence-electron chi connectivity index (χ1n) is 7.02. The Kier molecular flexibility index (Phi) is 5.60. The van der Waals surface area contributed by atoms with Gasteiger partial charge in [-0.1, -0.05) is 48.6 Å². The molecule has 6 nitrogen and oxygen atoms in total. The van der Waals surface area contributed by atoms with Gasteiger partial charge in [0.25, 0.3) is 0 Å². The maximum atomic E-state index is 12.2. The second kappa shape index (κ2) is 7.65. The van der Waals surface area contributed by atoms with E-state index in [9.17, 15) is 9.59 Å². The van der Waals surface area contributed by atoms with Crippen LogP contribution in [0.1, 0.15) is 36.9 Å². The van der Waals surface area contributed by atoms with Gasteiger partial charge in [0.15, 0.2) is 0 Å². The molecule has 2 amide bonds. The summed E-state index contributed by atoms with van der Waals surface area (Å²) in [6.45, 7) is 3.42. The van der Waals surface area contributed by atoms with E-state index >= 15 is 0 Å². The molecular formula is C15H18N4O2S. The number of benzene rings is 1. The second-order valence-electron chi connectivity index (χ2n) is 4.77. The van der Waals surface area contributed by atoms with E-state index in [1.807, 2.05) is 37.3 Å². The number of hydrogen-bond acceptors (Lipinski definition) is 5. The minimum Gasteiger partial charge on any atom is -0.349 e. The van der Waals surface area contributed by atoms with E-state index in [1.165, 1.54) is 18.3 Å². The summed E-state index contributed by atoms with van der Waals surface area (Å²) in [6.07, 6.45) is 0.927. The third kappa shape index (κ3) is 4.63. The number of rotatable bonds is 6. The summed E-state index contributed by atoms with van der Waals surface area (Å²) in [6, 6.07) is 9.04. The van der Waals surface area contributed by atoms with Crippen LogP contribution in [0.5, 0.6) is 0 Å². The van der Waals surface area contributed by atoms with Crippen LogP contribution in [0.3, 0.4) is 0 Å². The van der Waals surface area contributed by atoms with Crippen LogP contribution in [0.15, 0.2) is 30.3 Å². The van der Waals surface area contributed by atoms with Gasteiger partial charge in [0, 0.05) is 6.92 Å². The number of anilines is 1. The first kappa shape index (κ1) is 16.1. The SMILES string of the molecule is CCc1nnc(NC(=O)C[C@@H](NC(C)=O)c2ccccc2)s1. The molecule has 0 aliphatic carbocycles. The van der Waals surface area contributed by atoms with Gasteiger partial charge in [-0.3, -0.25) is 9.59 Å². The molecule has 22 heavy (non-hydrogen) atoms. The van der Waals surface area contributed by atoms with Crippen LogP contribution in [0.2, 0.25) is 0 Å². The van der Waals surface area contributed by atoms with E-state index in [2.05, 4.69) is 20.8 Å². The zero-order valence-electron chi connectivity index (χ0n) is 12.5. The standard InChI is InChI=1S/C15H18N4O2S/c1-3-14-18-19-15(22-14)17-13(21)9-12(16-10(2)20)11-7-5-4-6-8-11/h4-8,12H,3,9H2,1-2H3,(H,16,20)(H,17,19,21)/t12-/m1/s1. The fourth-order valence-corrected chi connectivity index (χ4v) is 2.68. The molecule has 0 saturated heterocycles. The second-order valence-corrected chi connectivity index (χ2v) is 5.83. The van der Waals surface area contributed by atoms with Crippen molar-refractivity contribution >= 4 is 28.3 Å². The number of amides is 2. The fourth-order valence-electron chi connectivity index (χ4n) is 1.99. The van der Waals surface area contributed by atoms with Crippen molar-refractivity contribution in [3.8, 4) is 0 Å². The lowest BCUT2D eigenvalue weighted by molar-refractivity contribution is -0.120. The first-order valence-corrected chi connectivity index (χ1v) is 7.84. The Hall–Kier alpha value is -2.28. The van der Waals surface area contributed by atoms with Crippen molar-refractivity contribution in [2.24, 2.45) is 0 Å². The van der Waals surface area contributed by atoms with Crippen LogP contribution in [-0.4, -0.2) is 22.0 Å². The molecule has 2 N–H and O–H groups in total. The zero-order chi connectivity index (χ0) is 15.9. The molecule has 0 saturated carbocycles. The average Bonchev–Trinajstić information content (AvgIpc) is 2.94. The minimum atomic E-state index is -0.364. The molecule has 116 valence electrons. The summed E-state index contributed by atoms with van der Waals surface area (Å²) in [5.74, 6) is -0.382. The summed E-state index contributed by atoms with van der Waals surface area (Å²) in [7, 11) is 0. The number of carbonyl (C=O) groups is 2. The number of carbonyl (C=O) groups excluding carboxylic acids is 2. The van der Waals surface area contributed by atoms with Crippen molar-refractivity contribution in [2.75, 3.05) is 5.32 Å². The van der Waals surface area contributed by atoms with Crippen molar-refractivity contribution in [3.05, 3.63) is 40.9 Å². The molecule has 0 fully saturated rings. The molecule has 0 aliphatic rings. The number of aromatic nitrogens is 2. The summed E-state index contributed by atoms with van der Waals surface area (Å²) in [5, 5.41) is 14.8. The van der Waals surface area contributed by atoms with Crippen LogP contribution >= 0.6 is 11.3 Å². The highest BCUT2D eigenvalue weighted by molar-refractivity contribution is 7.15. The van der Waals surface area contributed by atoms with E-state index in [0.717, 1.165) is 17.0 Å². The van der Waals surface area contributed by atoms with E-state index < -0.39 is 0 Å². The number of aryl methyl sites for hydroxylation is 1. The molecule has 0 radical (unpaired) electrons. The largest absolute Gasteiger partial charge is 0.349 e. The zero-order valence-corrected chi connectivity index (χ0v) is 13.3. The molecule has 0 unspecified atom stereocenters. The lowest BCUT2D eigenvalue weighted by atomic mass is 10.0. The monoisotopic (exact) mass is 318 g/mol. The highest BCUT2D eigenvalue weighted by Gasteiger charge is 2.18. The van der Waals surface area contributed by atoms with Gasteiger partial charge in [-0.25, -0.2) is 0 Å². The molecule has 0 spiro atoms. The quantitative estimate of drug-likeness (QED) is 0.856. The van der Waals surface area contributed by atoms with Crippen LogP contribution in [0.25, 0.3) is 0 Å². The molecule has 2 rings (SSSR count). The van der Waals surface area contributed by atoms with Crippen LogP contribution in [0, 0.1) is 0 Å². The van der Waals surface area contributed by atoms with Gasteiger partial charge in [0.2, 0.25) is 16.9 Å². The Morgan fingerprint density at radius 3 is 2.55 bits per heavy atom. The summed E-state index contributed by atoms with van der Waals surface area (Å²) < 4.78 is 0. The van der Waals surface area contributed by atoms with E-state index in [-0.39, 0.29) is 24.3 Å². The van der Waals surface area contributed by atoms with Crippen molar-refractivity contribution in [1.82, 2.24) is 15.5 Å². The highest BCUT2D eigenvalue weighted by atomic mass is 32.1. The Balaban J connectivity index is 2.03. The van der Waals surface area contributed by atoms with Gasteiger partial charge >= 0.3 is 0 Å². The van der Waals surface area contributed by atoms with Gasteiger partial charge in [0.05, 0.1) is 12.5 Å².